The van der Waals surface area contributed by atoms with Crippen molar-refractivity contribution in [3.8, 4) is 0 Å². The van der Waals surface area contributed by atoms with Crippen LogP contribution in [0.2, 0.25) is 0 Å². The van der Waals surface area contributed by atoms with E-state index in [0.717, 1.165) is 0 Å². The summed E-state index contributed by atoms with van der Waals surface area (Å²) in [5, 5.41) is 36.9. The molecule has 0 bridgehead atoms. The van der Waals surface area contributed by atoms with Crippen LogP contribution >= 0.6 is 0 Å². The van der Waals surface area contributed by atoms with Crippen molar-refractivity contribution in [2.24, 2.45) is 0 Å². The smallest absolute Gasteiger partial charge is 0.187 e. The van der Waals surface area contributed by atoms with E-state index in [0.29, 0.717) is 6.29 Å². The summed E-state index contributed by atoms with van der Waals surface area (Å²) < 4.78 is 9.71. The van der Waals surface area contributed by atoms with Crippen molar-refractivity contribution in [1.29, 1.82) is 0 Å². The normalized spacial score (nSPS) is 41.5. The van der Waals surface area contributed by atoms with Gasteiger partial charge in [-0.25, -0.2) is 0 Å². The van der Waals surface area contributed by atoms with E-state index in [-0.39, 0.29) is 6.61 Å². The fourth-order valence-corrected chi connectivity index (χ4v) is 1.34. The zero-order valence-electron chi connectivity index (χ0n) is 7.89. The van der Waals surface area contributed by atoms with E-state index < -0.39 is 37.3 Å². The molecule has 5 atom stereocenters. The van der Waals surface area contributed by atoms with Crippen LogP contribution in [-0.2, 0) is 14.3 Å². The van der Waals surface area contributed by atoms with Crippen LogP contribution in [0.1, 0.15) is 0 Å². The minimum atomic E-state index is -1.48. The Balaban J connectivity index is 2.60. The molecule has 1 aliphatic rings. The highest BCUT2D eigenvalue weighted by atomic mass is 16.7. The first kappa shape index (κ1) is 12.5. The van der Waals surface area contributed by atoms with Crippen molar-refractivity contribution in [3.63, 3.8) is 0 Å². The van der Waals surface area contributed by atoms with Gasteiger partial charge in [0.25, 0.3) is 0 Å². The molecule has 1 saturated heterocycles. The van der Waals surface area contributed by atoms with Crippen molar-refractivity contribution in [2.75, 3.05) is 13.2 Å². The number of carbonyl (C=O) groups excluding carboxylic acids is 1. The SMILES string of the molecule is O=CCO[C@@H]1O[C@H](CO)[C@@H](O)[C@H](O)[C@H]1O. The fraction of sp³-hybridized carbons (Fsp3) is 0.875. The van der Waals surface area contributed by atoms with E-state index in [1.165, 1.54) is 0 Å². The summed E-state index contributed by atoms with van der Waals surface area (Å²) in [6, 6.07) is 0. The van der Waals surface area contributed by atoms with Crippen molar-refractivity contribution in [3.05, 3.63) is 0 Å². The largest absolute Gasteiger partial charge is 0.394 e. The fourth-order valence-electron chi connectivity index (χ4n) is 1.34. The lowest BCUT2D eigenvalue weighted by Crippen LogP contribution is -2.59. The van der Waals surface area contributed by atoms with Gasteiger partial charge in [-0.15, -0.1) is 0 Å². The highest BCUT2D eigenvalue weighted by molar-refractivity contribution is 5.50. The Morgan fingerprint density at radius 2 is 1.87 bits per heavy atom. The summed E-state index contributed by atoms with van der Waals surface area (Å²) in [6.45, 7) is -0.825. The third kappa shape index (κ3) is 2.71. The number of ether oxygens (including phenoxy) is 2. The van der Waals surface area contributed by atoms with Gasteiger partial charge in [0, 0.05) is 0 Å². The van der Waals surface area contributed by atoms with Crippen LogP contribution in [0.5, 0.6) is 0 Å². The zero-order chi connectivity index (χ0) is 11.4. The molecule has 1 fully saturated rings. The molecule has 15 heavy (non-hydrogen) atoms. The first-order valence-corrected chi connectivity index (χ1v) is 4.47. The highest BCUT2D eigenvalue weighted by Gasteiger charge is 2.43. The number of aldehydes is 1. The lowest BCUT2D eigenvalue weighted by atomic mass is 9.99. The van der Waals surface area contributed by atoms with Gasteiger partial charge in [0.05, 0.1) is 6.61 Å². The predicted octanol–water partition coefficient (Wildman–Crippen LogP) is -3.00. The maximum Gasteiger partial charge on any atom is 0.187 e. The molecular weight excluding hydrogens is 208 g/mol. The second-order valence-corrected chi connectivity index (χ2v) is 3.20. The van der Waals surface area contributed by atoms with Crippen molar-refractivity contribution in [2.45, 2.75) is 30.7 Å². The maximum atomic E-state index is 10.0. The minimum absolute atomic E-state index is 0.303. The van der Waals surface area contributed by atoms with E-state index in [4.69, 9.17) is 14.6 Å². The predicted molar refractivity (Wildman–Crippen MR) is 45.8 cm³/mol. The molecule has 1 heterocycles. The summed E-state index contributed by atoms with van der Waals surface area (Å²) >= 11 is 0. The zero-order valence-corrected chi connectivity index (χ0v) is 7.89. The summed E-state index contributed by atoms with van der Waals surface area (Å²) in [5.41, 5.74) is 0. The molecule has 4 N–H and O–H groups in total. The van der Waals surface area contributed by atoms with Crippen LogP contribution in [0.3, 0.4) is 0 Å². The molecule has 88 valence electrons. The van der Waals surface area contributed by atoms with E-state index in [1.807, 2.05) is 0 Å². The van der Waals surface area contributed by atoms with Crippen LogP contribution in [0.25, 0.3) is 0 Å². The Bertz CT molecular complexity index is 207. The van der Waals surface area contributed by atoms with Crippen LogP contribution in [-0.4, -0.2) is 70.6 Å². The Morgan fingerprint density at radius 3 is 2.40 bits per heavy atom. The molecule has 0 saturated carbocycles. The molecule has 7 nitrogen and oxygen atoms in total. The van der Waals surface area contributed by atoms with Gasteiger partial charge in [-0.05, 0) is 0 Å². The monoisotopic (exact) mass is 222 g/mol. The highest BCUT2D eigenvalue weighted by Crippen LogP contribution is 2.21. The number of aliphatic hydroxyl groups is 4. The Kier molecular flexibility index (Phi) is 4.58. The molecule has 1 rings (SSSR count). The van der Waals surface area contributed by atoms with Gasteiger partial charge in [0.15, 0.2) is 6.29 Å². The van der Waals surface area contributed by atoms with Crippen LogP contribution < -0.4 is 0 Å². The van der Waals surface area contributed by atoms with Crippen molar-refractivity contribution < 1.29 is 34.7 Å². The standard InChI is InChI=1S/C8H14O7/c9-1-2-14-8-7(13)6(12)5(11)4(3-10)15-8/h1,4-8,10-13H,2-3H2/t4-,5-,6+,7-,8-/m1/s1. The summed E-state index contributed by atoms with van der Waals surface area (Å²) in [4.78, 5) is 10.0. The molecule has 0 unspecified atom stereocenters. The molecule has 0 aromatic carbocycles. The molecule has 1 aliphatic heterocycles. The van der Waals surface area contributed by atoms with E-state index in [1.54, 1.807) is 0 Å². The topological polar surface area (TPSA) is 116 Å². The maximum absolute atomic E-state index is 10.0. The molecular formula is C8H14O7. The number of carbonyl (C=O) groups is 1. The number of hydrogen-bond acceptors (Lipinski definition) is 7. The molecule has 0 aromatic heterocycles. The quantitative estimate of drug-likeness (QED) is 0.374. The third-order valence-corrected chi connectivity index (χ3v) is 2.18. The Hall–Kier alpha value is -0.570. The number of aliphatic hydroxyl groups excluding tert-OH is 4. The van der Waals surface area contributed by atoms with Gasteiger partial charge in [0.1, 0.15) is 37.3 Å². The van der Waals surface area contributed by atoms with Crippen molar-refractivity contribution >= 4 is 6.29 Å². The summed E-state index contributed by atoms with van der Waals surface area (Å²) in [5.74, 6) is 0. The molecule has 0 aliphatic carbocycles. The molecule has 0 amide bonds. The van der Waals surface area contributed by atoms with Gasteiger partial charge in [-0.1, -0.05) is 0 Å². The van der Waals surface area contributed by atoms with Crippen molar-refractivity contribution in [1.82, 2.24) is 0 Å². The van der Waals surface area contributed by atoms with Crippen LogP contribution in [0.4, 0.5) is 0 Å². The second kappa shape index (κ2) is 5.50. The van der Waals surface area contributed by atoms with Crippen LogP contribution in [0, 0.1) is 0 Å². The summed E-state index contributed by atoms with van der Waals surface area (Å²) in [6.07, 6.45) is -6.14. The molecule has 0 radical (unpaired) electrons. The Morgan fingerprint density at radius 1 is 1.20 bits per heavy atom. The molecule has 0 aromatic rings. The first-order valence-electron chi connectivity index (χ1n) is 4.47. The number of hydrogen-bond donors (Lipinski definition) is 4. The lowest BCUT2D eigenvalue weighted by molar-refractivity contribution is -0.298. The minimum Gasteiger partial charge on any atom is -0.394 e. The number of rotatable bonds is 4. The van der Waals surface area contributed by atoms with Gasteiger partial charge < -0.3 is 34.7 Å². The molecule has 7 heteroatoms. The lowest BCUT2D eigenvalue weighted by Gasteiger charge is -2.39. The first-order chi connectivity index (χ1) is 7.11. The van der Waals surface area contributed by atoms with Gasteiger partial charge >= 0.3 is 0 Å². The van der Waals surface area contributed by atoms with Crippen LogP contribution in [0.15, 0.2) is 0 Å². The van der Waals surface area contributed by atoms with Gasteiger partial charge in [-0.2, -0.15) is 0 Å². The Labute approximate surface area is 85.9 Å². The van der Waals surface area contributed by atoms with Gasteiger partial charge in [0.2, 0.25) is 0 Å². The third-order valence-electron chi connectivity index (χ3n) is 2.18. The van der Waals surface area contributed by atoms with Gasteiger partial charge in [-0.3, -0.25) is 0 Å². The van der Waals surface area contributed by atoms with E-state index >= 15 is 0 Å². The average molecular weight is 222 g/mol. The van der Waals surface area contributed by atoms with E-state index in [9.17, 15) is 20.1 Å². The van der Waals surface area contributed by atoms with E-state index in [2.05, 4.69) is 0 Å². The molecule has 0 spiro atoms. The summed E-state index contributed by atoms with van der Waals surface area (Å²) in [7, 11) is 0. The average Bonchev–Trinajstić information content (AvgIpc) is 2.25. The second-order valence-electron chi connectivity index (χ2n) is 3.20.